The Labute approximate surface area is 188 Å². The highest BCUT2D eigenvalue weighted by Gasteiger charge is 2.14. The minimum atomic E-state index is -0.121. The second-order valence-corrected chi connectivity index (χ2v) is 8.27. The Morgan fingerprint density at radius 3 is 2.29 bits per heavy atom. The molecule has 1 aliphatic heterocycles. The van der Waals surface area contributed by atoms with E-state index < -0.39 is 0 Å². The van der Waals surface area contributed by atoms with Crippen molar-refractivity contribution >= 4 is 46.6 Å². The number of hydrogen-bond donors (Lipinski definition) is 2. The highest BCUT2D eigenvalue weighted by molar-refractivity contribution is 8.00. The molecule has 0 saturated carbocycles. The van der Waals surface area contributed by atoms with Gasteiger partial charge in [-0.15, -0.1) is 11.8 Å². The monoisotopic (exact) mass is 454 g/mol. The number of hydrogen-bond acceptors (Lipinski definition) is 5. The van der Waals surface area contributed by atoms with Crippen molar-refractivity contribution in [1.82, 2.24) is 0 Å². The molecule has 0 bridgehead atoms. The molecule has 0 fully saturated rings. The Hall–Kier alpha value is -3.16. The van der Waals surface area contributed by atoms with Crippen molar-refractivity contribution in [2.45, 2.75) is 11.3 Å². The number of benzene rings is 3. The van der Waals surface area contributed by atoms with E-state index in [1.54, 1.807) is 30.3 Å². The van der Waals surface area contributed by atoms with Gasteiger partial charge in [-0.2, -0.15) is 0 Å². The van der Waals surface area contributed by atoms with Gasteiger partial charge in [0.25, 0.3) is 0 Å². The zero-order valence-electron chi connectivity index (χ0n) is 16.4. The number of thioether (sulfide) groups is 1. The lowest BCUT2D eigenvalue weighted by molar-refractivity contribution is -0.115. The lowest BCUT2D eigenvalue weighted by Gasteiger charge is -2.08. The predicted molar refractivity (Wildman–Crippen MR) is 122 cm³/mol. The van der Waals surface area contributed by atoms with Crippen molar-refractivity contribution in [3.05, 3.63) is 77.3 Å². The molecule has 0 aromatic heterocycles. The zero-order chi connectivity index (χ0) is 21.6. The van der Waals surface area contributed by atoms with E-state index in [4.69, 9.17) is 21.1 Å². The first-order valence-corrected chi connectivity index (χ1v) is 10.9. The number of nitrogens with one attached hydrogen (secondary N) is 2. The lowest BCUT2D eigenvalue weighted by atomic mass is 10.1. The molecule has 0 unspecified atom stereocenters. The summed E-state index contributed by atoms with van der Waals surface area (Å²) in [6.45, 7) is 0.195. The summed E-state index contributed by atoms with van der Waals surface area (Å²) < 4.78 is 10.6. The van der Waals surface area contributed by atoms with Crippen LogP contribution >= 0.6 is 23.4 Å². The van der Waals surface area contributed by atoms with E-state index in [9.17, 15) is 9.59 Å². The molecule has 0 atom stereocenters. The summed E-state index contributed by atoms with van der Waals surface area (Å²) in [6, 6.07) is 19.8. The highest BCUT2D eigenvalue weighted by Crippen LogP contribution is 2.34. The largest absolute Gasteiger partial charge is 0.454 e. The number of halogens is 1. The number of carbonyl (C=O) groups excluding carboxylic acids is 2. The van der Waals surface area contributed by atoms with Crippen molar-refractivity contribution in [1.29, 1.82) is 0 Å². The van der Waals surface area contributed by atoms with Gasteiger partial charge in [0.05, 0.1) is 12.2 Å². The van der Waals surface area contributed by atoms with E-state index in [-0.39, 0.29) is 30.8 Å². The van der Waals surface area contributed by atoms with Crippen LogP contribution in [0, 0.1) is 0 Å². The fraction of sp³-hybridized carbons (Fsp3) is 0.130. The number of fused-ring (bicyclic) bond motifs is 1. The summed E-state index contributed by atoms with van der Waals surface area (Å²) >= 11 is 7.27. The topological polar surface area (TPSA) is 76.7 Å². The molecule has 6 nitrogen and oxygen atoms in total. The predicted octanol–water partition coefficient (Wildman–Crippen LogP) is 4.98. The highest BCUT2D eigenvalue weighted by atomic mass is 35.5. The summed E-state index contributed by atoms with van der Waals surface area (Å²) in [6.07, 6.45) is 0.272. The van der Waals surface area contributed by atoms with Crippen LogP contribution in [0.2, 0.25) is 5.02 Å². The van der Waals surface area contributed by atoms with E-state index >= 15 is 0 Å². The second-order valence-electron chi connectivity index (χ2n) is 6.78. The molecule has 158 valence electrons. The molecule has 0 radical (unpaired) electrons. The number of amides is 2. The van der Waals surface area contributed by atoms with Crippen molar-refractivity contribution < 1.29 is 19.1 Å². The van der Waals surface area contributed by atoms with Gasteiger partial charge in [0, 0.05) is 27.4 Å². The van der Waals surface area contributed by atoms with E-state index in [0.717, 1.165) is 10.5 Å². The van der Waals surface area contributed by atoms with Gasteiger partial charge < -0.3 is 20.1 Å². The molecular weight excluding hydrogens is 436 g/mol. The molecule has 3 aromatic carbocycles. The first-order valence-electron chi connectivity index (χ1n) is 9.52. The molecule has 4 rings (SSSR count). The van der Waals surface area contributed by atoms with Crippen molar-refractivity contribution in [3.8, 4) is 11.5 Å². The molecule has 8 heteroatoms. The number of ether oxygens (including phenoxy) is 2. The maximum absolute atomic E-state index is 12.2. The molecule has 3 aromatic rings. The van der Waals surface area contributed by atoms with E-state index in [1.165, 1.54) is 11.8 Å². The van der Waals surface area contributed by atoms with Crippen molar-refractivity contribution in [3.63, 3.8) is 0 Å². The molecule has 1 aliphatic rings. The number of carbonyl (C=O) groups is 2. The van der Waals surface area contributed by atoms with Crippen LogP contribution in [0.25, 0.3) is 0 Å². The molecule has 31 heavy (non-hydrogen) atoms. The summed E-state index contributed by atoms with van der Waals surface area (Å²) in [4.78, 5) is 25.3. The summed E-state index contributed by atoms with van der Waals surface area (Å²) in [5, 5.41) is 6.35. The van der Waals surface area contributed by atoms with Gasteiger partial charge in [0.15, 0.2) is 11.5 Å². The SMILES string of the molecule is O=C(CSc1ccc(NC(=O)Cc2ccc(Cl)cc2)cc1)Nc1ccc2c(c1)OCO2. The van der Waals surface area contributed by atoms with Gasteiger partial charge in [-0.25, -0.2) is 0 Å². The minimum Gasteiger partial charge on any atom is -0.454 e. The fourth-order valence-corrected chi connectivity index (χ4v) is 3.77. The standard InChI is InChI=1S/C23H19ClN2O4S/c24-16-3-1-15(2-4-16)11-22(27)25-17-5-8-19(9-6-17)31-13-23(28)26-18-7-10-20-21(12-18)30-14-29-20/h1-10,12H,11,13-14H2,(H,25,27)(H,26,28). The van der Waals surface area contributed by atoms with Crippen LogP contribution in [0.4, 0.5) is 11.4 Å². The summed E-state index contributed by atoms with van der Waals surface area (Å²) in [5.74, 6) is 1.33. The second kappa shape index (κ2) is 9.76. The van der Waals surface area contributed by atoms with Gasteiger partial charge in [0.2, 0.25) is 18.6 Å². The van der Waals surface area contributed by atoms with Gasteiger partial charge in [-0.3, -0.25) is 9.59 Å². The van der Waals surface area contributed by atoms with Crippen LogP contribution < -0.4 is 20.1 Å². The maximum atomic E-state index is 12.2. The normalized spacial score (nSPS) is 11.8. The van der Waals surface area contributed by atoms with Crippen LogP contribution in [-0.2, 0) is 16.0 Å². The summed E-state index contributed by atoms with van der Waals surface area (Å²) in [7, 11) is 0. The van der Waals surface area contributed by atoms with E-state index in [1.807, 2.05) is 36.4 Å². The zero-order valence-corrected chi connectivity index (χ0v) is 18.0. The Morgan fingerprint density at radius 1 is 0.839 bits per heavy atom. The number of rotatable bonds is 7. The molecule has 1 heterocycles. The molecular formula is C23H19ClN2O4S. The van der Waals surface area contributed by atoms with Gasteiger partial charge in [0.1, 0.15) is 0 Å². The molecule has 2 N–H and O–H groups in total. The van der Waals surface area contributed by atoms with Crippen LogP contribution in [0.1, 0.15) is 5.56 Å². The summed E-state index contributed by atoms with van der Waals surface area (Å²) in [5.41, 5.74) is 2.25. The van der Waals surface area contributed by atoms with Crippen LogP contribution in [-0.4, -0.2) is 24.4 Å². The van der Waals surface area contributed by atoms with Gasteiger partial charge in [-0.1, -0.05) is 23.7 Å². The molecule has 0 saturated heterocycles. The Kier molecular flexibility index (Phi) is 6.64. The van der Waals surface area contributed by atoms with Crippen molar-refractivity contribution in [2.75, 3.05) is 23.2 Å². The Balaban J connectivity index is 1.24. The first-order chi connectivity index (χ1) is 15.0. The smallest absolute Gasteiger partial charge is 0.234 e. The fourth-order valence-electron chi connectivity index (χ4n) is 2.95. The first kappa shape index (κ1) is 21.1. The molecule has 0 spiro atoms. The van der Waals surface area contributed by atoms with E-state index in [2.05, 4.69) is 10.6 Å². The maximum Gasteiger partial charge on any atom is 0.234 e. The molecule has 0 aliphatic carbocycles. The Bertz CT molecular complexity index is 1090. The van der Waals surface area contributed by atoms with E-state index in [0.29, 0.717) is 27.9 Å². The van der Waals surface area contributed by atoms with Crippen molar-refractivity contribution in [2.24, 2.45) is 0 Å². The lowest BCUT2D eigenvalue weighted by Crippen LogP contribution is -2.14. The Morgan fingerprint density at radius 2 is 1.52 bits per heavy atom. The van der Waals surface area contributed by atoms with Crippen LogP contribution in [0.15, 0.2) is 71.6 Å². The quantitative estimate of drug-likeness (QED) is 0.492. The average Bonchev–Trinajstić information content (AvgIpc) is 3.23. The third kappa shape index (κ3) is 5.93. The van der Waals surface area contributed by atoms with Crippen LogP contribution in [0.3, 0.4) is 0 Å². The minimum absolute atomic E-state index is 0.106. The van der Waals surface area contributed by atoms with Gasteiger partial charge >= 0.3 is 0 Å². The van der Waals surface area contributed by atoms with Gasteiger partial charge in [-0.05, 0) is 54.1 Å². The van der Waals surface area contributed by atoms with Crippen LogP contribution in [0.5, 0.6) is 11.5 Å². The third-order valence-corrected chi connectivity index (χ3v) is 5.71. The average molecular weight is 455 g/mol. The molecule has 2 amide bonds. The number of anilines is 2. The third-order valence-electron chi connectivity index (χ3n) is 4.44.